The molecule has 5 aromatic rings. The Balaban J connectivity index is 1.93. The summed E-state index contributed by atoms with van der Waals surface area (Å²) in [6.07, 6.45) is 0.964. The van der Waals surface area contributed by atoms with E-state index in [0.29, 0.717) is 11.3 Å². The van der Waals surface area contributed by atoms with Gasteiger partial charge in [-0.2, -0.15) is 10.4 Å². The third-order valence-electron chi connectivity index (χ3n) is 5.88. The topological polar surface area (TPSA) is 54.5 Å². The monoisotopic (exact) mass is 540 g/mol. The van der Waals surface area contributed by atoms with Gasteiger partial charge in [0, 0.05) is 14.7 Å². The van der Waals surface area contributed by atoms with Crippen molar-refractivity contribution in [2.75, 3.05) is 0 Å². The molecule has 5 rings (SSSR count). The Labute approximate surface area is 206 Å². The first-order chi connectivity index (χ1) is 16.1. The van der Waals surface area contributed by atoms with Crippen LogP contribution in [0.25, 0.3) is 39.1 Å². The van der Waals surface area contributed by atoms with Crippen LogP contribution in [-0.2, 0) is 6.42 Å². The van der Waals surface area contributed by atoms with Crippen molar-refractivity contribution in [2.24, 2.45) is 0 Å². The van der Waals surface area contributed by atoms with E-state index in [1.807, 2.05) is 54.1 Å². The van der Waals surface area contributed by atoms with Gasteiger partial charge < -0.3 is 0 Å². The lowest BCUT2D eigenvalue weighted by atomic mass is 9.93. The van der Waals surface area contributed by atoms with Crippen LogP contribution in [0.1, 0.15) is 23.7 Å². The highest BCUT2D eigenvalue weighted by molar-refractivity contribution is 14.1. The number of fused-ring (bicyclic) bond motifs is 1. The number of benzene rings is 3. The molecule has 160 valence electrons. The highest BCUT2D eigenvalue weighted by atomic mass is 127. The number of pyridine rings is 1. The molecule has 0 saturated heterocycles. The van der Waals surface area contributed by atoms with Gasteiger partial charge in [-0.25, -0.2) is 9.67 Å². The molecular weight excluding hydrogens is 519 g/mol. The highest BCUT2D eigenvalue weighted by Crippen LogP contribution is 2.40. The molecule has 33 heavy (non-hydrogen) atoms. The van der Waals surface area contributed by atoms with Crippen molar-refractivity contribution in [1.29, 1.82) is 5.26 Å². The Bertz CT molecular complexity index is 1510. The summed E-state index contributed by atoms with van der Waals surface area (Å²) in [6.45, 7) is 4.12. The summed E-state index contributed by atoms with van der Waals surface area (Å²) >= 11 is 2.34. The van der Waals surface area contributed by atoms with Crippen LogP contribution in [0.2, 0.25) is 0 Å². The van der Waals surface area contributed by atoms with Gasteiger partial charge in [-0.3, -0.25) is 0 Å². The molecule has 0 amide bonds. The third kappa shape index (κ3) is 3.70. The standard InChI is InChI=1S/C28H21IN4/c1-3-19-13-15-20(16-14-19)27-23(17-30)26(22-11-7-8-12-24(22)29)25-18(2)32-33(28(25)31-27)21-9-5-4-6-10-21/h4-16H,3H2,1-2H3. The van der Waals surface area contributed by atoms with E-state index in [2.05, 4.69) is 72.0 Å². The lowest BCUT2D eigenvalue weighted by molar-refractivity contribution is 0.878. The van der Waals surface area contributed by atoms with Crippen LogP contribution in [0.15, 0.2) is 78.9 Å². The number of aryl methyl sites for hydroxylation is 2. The lowest BCUT2D eigenvalue weighted by Gasteiger charge is -2.14. The number of aromatic nitrogens is 3. The molecule has 0 aliphatic heterocycles. The van der Waals surface area contributed by atoms with Gasteiger partial charge in [0.05, 0.1) is 28.0 Å². The number of hydrogen-bond acceptors (Lipinski definition) is 3. The molecule has 4 nitrogen and oxygen atoms in total. The zero-order valence-corrected chi connectivity index (χ0v) is 20.5. The van der Waals surface area contributed by atoms with E-state index >= 15 is 0 Å². The maximum absolute atomic E-state index is 10.4. The number of halogens is 1. The molecule has 0 atom stereocenters. The minimum absolute atomic E-state index is 0.576. The van der Waals surface area contributed by atoms with Crippen molar-refractivity contribution in [3.05, 3.63) is 99.3 Å². The fourth-order valence-electron chi connectivity index (χ4n) is 4.21. The van der Waals surface area contributed by atoms with Gasteiger partial charge in [0.1, 0.15) is 6.07 Å². The molecule has 0 bridgehead atoms. The number of nitriles is 1. The van der Waals surface area contributed by atoms with Crippen LogP contribution in [0.4, 0.5) is 0 Å². The maximum Gasteiger partial charge on any atom is 0.164 e. The van der Waals surface area contributed by atoms with E-state index in [4.69, 9.17) is 10.1 Å². The molecule has 0 N–H and O–H groups in total. The minimum Gasteiger partial charge on any atom is -0.226 e. The van der Waals surface area contributed by atoms with Crippen molar-refractivity contribution in [1.82, 2.24) is 14.8 Å². The number of nitrogens with zero attached hydrogens (tertiary/aromatic N) is 4. The van der Waals surface area contributed by atoms with Gasteiger partial charge >= 0.3 is 0 Å². The molecule has 0 aliphatic carbocycles. The summed E-state index contributed by atoms with van der Waals surface area (Å²) < 4.78 is 2.97. The Morgan fingerprint density at radius 1 is 0.939 bits per heavy atom. The predicted molar refractivity (Wildman–Crippen MR) is 141 cm³/mol. The summed E-state index contributed by atoms with van der Waals surface area (Å²) in [7, 11) is 0. The quantitative estimate of drug-likeness (QED) is 0.229. The molecule has 2 heterocycles. The molecule has 5 heteroatoms. The summed E-state index contributed by atoms with van der Waals surface area (Å²) in [5.41, 5.74) is 7.88. The number of para-hydroxylation sites is 1. The Hall–Kier alpha value is -3.50. The molecular formula is C28H21IN4. The summed E-state index contributed by atoms with van der Waals surface area (Å²) in [6, 6.07) is 29.0. The van der Waals surface area contributed by atoms with Gasteiger partial charge in [-0.05, 0) is 65.3 Å². The first-order valence-electron chi connectivity index (χ1n) is 10.9. The van der Waals surface area contributed by atoms with Crippen LogP contribution in [0, 0.1) is 21.8 Å². The zero-order valence-electron chi connectivity index (χ0n) is 18.4. The summed E-state index contributed by atoms with van der Waals surface area (Å²) in [4.78, 5) is 5.06. The van der Waals surface area contributed by atoms with Crippen LogP contribution in [-0.4, -0.2) is 14.8 Å². The third-order valence-corrected chi connectivity index (χ3v) is 6.82. The van der Waals surface area contributed by atoms with Gasteiger partial charge in [-0.1, -0.05) is 67.6 Å². The largest absolute Gasteiger partial charge is 0.226 e. The first kappa shape index (κ1) is 21.4. The Kier molecular flexibility index (Phi) is 5.69. The van der Waals surface area contributed by atoms with Crippen LogP contribution in [0.3, 0.4) is 0 Å². The molecule has 0 aliphatic rings. The lowest BCUT2D eigenvalue weighted by Crippen LogP contribution is -2.01. The van der Waals surface area contributed by atoms with Gasteiger partial charge in [0.25, 0.3) is 0 Å². The van der Waals surface area contributed by atoms with Crippen molar-refractivity contribution < 1.29 is 0 Å². The summed E-state index contributed by atoms with van der Waals surface area (Å²) in [5, 5.41) is 16.1. The predicted octanol–water partition coefficient (Wildman–Crippen LogP) is 7.10. The zero-order chi connectivity index (χ0) is 22.9. The van der Waals surface area contributed by atoms with Crippen molar-refractivity contribution in [3.8, 4) is 34.1 Å². The summed E-state index contributed by atoms with van der Waals surface area (Å²) in [5.74, 6) is 0. The van der Waals surface area contributed by atoms with E-state index in [-0.39, 0.29) is 0 Å². The van der Waals surface area contributed by atoms with E-state index in [9.17, 15) is 5.26 Å². The Morgan fingerprint density at radius 3 is 2.30 bits per heavy atom. The second-order valence-corrected chi connectivity index (χ2v) is 9.05. The molecule has 0 fully saturated rings. The molecule has 3 aromatic carbocycles. The molecule has 0 spiro atoms. The SMILES string of the molecule is CCc1ccc(-c2nc3c(c(C)nn3-c3ccccc3)c(-c3ccccc3I)c2C#N)cc1. The molecule has 0 saturated carbocycles. The maximum atomic E-state index is 10.4. The second kappa shape index (κ2) is 8.80. The smallest absolute Gasteiger partial charge is 0.164 e. The normalized spacial score (nSPS) is 11.0. The van der Waals surface area contributed by atoms with Gasteiger partial charge in [0.2, 0.25) is 0 Å². The second-order valence-electron chi connectivity index (χ2n) is 7.88. The number of hydrogen-bond donors (Lipinski definition) is 0. The fraction of sp³-hybridized carbons (Fsp3) is 0.107. The number of rotatable bonds is 4. The van der Waals surface area contributed by atoms with Crippen LogP contribution >= 0.6 is 22.6 Å². The average molecular weight is 540 g/mol. The van der Waals surface area contributed by atoms with E-state index < -0.39 is 0 Å². The van der Waals surface area contributed by atoms with Crippen LogP contribution < -0.4 is 0 Å². The minimum atomic E-state index is 0.576. The molecule has 0 radical (unpaired) electrons. The van der Waals surface area contributed by atoms with Gasteiger partial charge in [-0.15, -0.1) is 0 Å². The van der Waals surface area contributed by atoms with E-state index in [1.54, 1.807) is 0 Å². The van der Waals surface area contributed by atoms with Crippen molar-refractivity contribution >= 4 is 33.6 Å². The average Bonchev–Trinajstić information content (AvgIpc) is 3.20. The van der Waals surface area contributed by atoms with Crippen molar-refractivity contribution in [2.45, 2.75) is 20.3 Å². The van der Waals surface area contributed by atoms with E-state index in [1.165, 1.54) is 5.56 Å². The van der Waals surface area contributed by atoms with Crippen molar-refractivity contribution in [3.63, 3.8) is 0 Å². The van der Waals surface area contributed by atoms with Crippen LogP contribution in [0.5, 0.6) is 0 Å². The molecule has 2 aromatic heterocycles. The molecule has 0 unspecified atom stereocenters. The fourth-order valence-corrected chi connectivity index (χ4v) is 4.87. The Morgan fingerprint density at radius 2 is 1.64 bits per heavy atom. The first-order valence-corrected chi connectivity index (χ1v) is 11.9. The highest BCUT2D eigenvalue weighted by Gasteiger charge is 2.24. The van der Waals surface area contributed by atoms with Gasteiger partial charge in [0.15, 0.2) is 5.65 Å². The van der Waals surface area contributed by atoms with E-state index in [0.717, 1.165) is 49.1 Å².